The zero-order valence-corrected chi connectivity index (χ0v) is 51.7. The zero-order valence-electron chi connectivity index (χ0n) is 51.7. The van der Waals surface area contributed by atoms with Gasteiger partial charge in [0.1, 0.15) is 13.2 Å². The maximum absolute atomic E-state index is 12.9. The van der Waals surface area contributed by atoms with Crippen LogP contribution in [0.15, 0.2) is 48.6 Å². The van der Waals surface area contributed by atoms with Crippen molar-refractivity contribution in [3.05, 3.63) is 48.6 Å². The van der Waals surface area contributed by atoms with E-state index in [9.17, 15) is 14.4 Å². The number of carbonyl (C=O) groups excluding carboxylic acids is 3. The summed E-state index contributed by atoms with van der Waals surface area (Å²) in [4.78, 5) is 38.3. The molecule has 0 saturated heterocycles. The van der Waals surface area contributed by atoms with Gasteiger partial charge in [0.15, 0.2) is 6.10 Å². The highest BCUT2D eigenvalue weighted by Gasteiger charge is 2.19. The van der Waals surface area contributed by atoms with Gasteiger partial charge in [-0.15, -0.1) is 0 Å². The predicted octanol–water partition coefficient (Wildman–Crippen LogP) is 23.3. The molecular formula is C71H130O6. The minimum atomic E-state index is -0.779. The molecule has 6 heteroatoms. The highest BCUT2D eigenvalue weighted by Crippen LogP contribution is 2.17. The van der Waals surface area contributed by atoms with Crippen LogP contribution >= 0.6 is 0 Å². The van der Waals surface area contributed by atoms with Gasteiger partial charge in [-0.1, -0.05) is 294 Å². The molecule has 450 valence electrons. The van der Waals surface area contributed by atoms with E-state index in [1.165, 1.54) is 250 Å². The Labute approximate surface area is 479 Å². The Morgan fingerprint density at radius 3 is 0.740 bits per heavy atom. The molecule has 0 N–H and O–H groups in total. The van der Waals surface area contributed by atoms with Crippen molar-refractivity contribution >= 4 is 17.9 Å². The Hall–Kier alpha value is -2.63. The number of hydrogen-bond donors (Lipinski definition) is 0. The second kappa shape index (κ2) is 65.9. The van der Waals surface area contributed by atoms with E-state index in [4.69, 9.17) is 14.2 Å². The lowest BCUT2D eigenvalue weighted by atomic mass is 10.0. The molecule has 1 atom stereocenters. The van der Waals surface area contributed by atoms with Gasteiger partial charge in [0, 0.05) is 19.3 Å². The van der Waals surface area contributed by atoms with Crippen LogP contribution in [0.5, 0.6) is 0 Å². The molecule has 0 aromatic heterocycles. The zero-order chi connectivity index (χ0) is 55.7. The number of unbranched alkanes of at least 4 members (excludes halogenated alkanes) is 44. The molecule has 77 heavy (non-hydrogen) atoms. The van der Waals surface area contributed by atoms with E-state index in [1.54, 1.807) is 0 Å². The second-order valence-electron chi connectivity index (χ2n) is 23.1. The van der Waals surface area contributed by atoms with Crippen LogP contribution in [0.3, 0.4) is 0 Å². The van der Waals surface area contributed by atoms with Crippen LogP contribution in [0.25, 0.3) is 0 Å². The molecular weight excluding hydrogens is 949 g/mol. The first-order valence-electron chi connectivity index (χ1n) is 34.1. The average molecular weight is 1080 g/mol. The summed E-state index contributed by atoms with van der Waals surface area (Å²) >= 11 is 0. The van der Waals surface area contributed by atoms with Gasteiger partial charge in [0.2, 0.25) is 0 Å². The number of ether oxygens (including phenoxy) is 3. The van der Waals surface area contributed by atoms with Crippen molar-refractivity contribution in [3.63, 3.8) is 0 Å². The minimum absolute atomic E-state index is 0.0752. The largest absolute Gasteiger partial charge is 0.462 e. The van der Waals surface area contributed by atoms with Crippen molar-refractivity contribution < 1.29 is 28.6 Å². The maximum atomic E-state index is 12.9. The van der Waals surface area contributed by atoms with Gasteiger partial charge in [-0.25, -0.2) is 0 Å². The molecule has 0 aliphatic rings. The highest BCUT2D eigenvalue weighted by atomic mass is 16.6. The molecule has 0 aromatic carbocycles. The van der Waals surface area contributed by atoms with Gasteiger partial charge in [-0.3, -0.25) is 14.4 Å². The van der Waals surface area contributed by atoms with Gasteiger partial charge in [0.25, 0.3) is 0 Å². The van der Waals surface area contributed by atoms with E-state index in [1.807, 2.05) is 0 Å². The Balaban J connectivity index is 4.14. The van der Waals surface area contributed by atoms with Gasteiger partial charge < -0.3 is 14.2 Å². The van der Waals surface area contributed by atoms with Crippen molar-refractivity contribution in [2.75, 3.05) is 13.2 Å². The predicted molar refractivity (Wildman–Crippen MR) is 335 cm³/mol. The Bertz CT molecular complexity index is 1330. The summed E-state index contributed by atoms with van der Waals surface area (Å²) in [6, 6.07) is 0. The quantitative estimate of drug-likeness (QED) is 0.0261. The van der Waals surface area contributed by atoms with Crippen LogP contribution in [-0.2, 0) is 28.6 Å². The van der Waals surface area contributed by atoms with E-state index >= 15 is 0 Å². The highest BCUT2D eigenvalue weighted by molar-refractivity contribution is 5.71. The first-order chi connectivity index (χ1) is 38.0. The molecule has 0 fully saturated rings. The molecule has 6 nitrogen and oxygen atoms in total. The molecule has 1 unspecified atom stereocenters. The van der Waals surface area contributed by atoms with Gasteiger partial charge in [-0.05, 0) is 103 Å². The van der Waals surface area contributed by atoms with Gasteiger partial charge >= 0.3 is 17.9 Å². The molecule has 0 rings (SSSR count). The fourth-order valence-electron chi connectivity index (χ4n) is 10.1. The lowest BCUT2D eigenvalue weighted by Crippen LogP contribution is -2.30. The smallest absolute Gasteiger partial charge is 0.306 e. The summed E-state index contributed by atoms with van der Waals surface area (Å²) in [5.41, 5.74) is 0. The molecule has 0 spiro atoms. The van der Waals surface area contributed by atoms with Crippen molar-refractivity contribution in [1.29, 1.82) is 0 Å². The van der Waals surface area contributed by atoms with Crippen LogP contribution in [0.4, 0.5) is 0 Å². The molecule has 0 radical (unpaired) electrons. The van der Waals surface area contributed by atoms with E-state index < -0.39 is 6.10 Å². The third-order valence-electron chi connectivity index (χ3n) is 15.3. The van der Waals surface area contributed by atoms with Crippen LogP contribution in [0.2, 0.25) is 0 Å². The van der Waals surface area contributed by atoms with Crippen molar-refractivity contribution in [2.45, 2.75) is 374 Å². The monoisotopic (exact) mass is 1080 g/mol. The van der Waals surface area contributed by atoms with Gasteiger partial charge in [0.05, 0.1) is 0 Å². The molecule has 0 aliphatic heterocycles. The van der Waals surface area contributed by atoms with Gasteiger partial charge in [-0.2, -0.15) is 0 Å². The molecule has 0 aliphatic carbocycles. The number of rotatable bonds is 63. The Kier molecular flexibility index (Phi) is 63.6. The molecule has 0 bridgehead atoms. The third-order valence-corrected chi connectivity index (χ3v) is 15.3. The second-order valence-corrected chi connectivity index (χ2v) is 23.1. The lowest BCUT2D eigenvalue weighted by molar-refractivity contribution is -0.167. The Morgan fingerprint density at radius 1 is 0.260 bits per heavy atom. The number of esters is 3. The van der Waals surface area contributed by atoms with Crippen molar-refractivity contribution in [1.82, 2.24) is 0 Å². The van der Waals surface area contributed by atoms with Crippen LogP contribution in [0, 0.1) is 0 Å². The summed E-state index contributed by atoms with van der Waals surface area (Å²) < 4.78 is 16.9. The van der Waals surface area contributed by atoms with Crippen molar-refractivity contribution in [3.8, 4) is 0 Å². The lowest BCUT2D eigenvalue weighted by Gasteiger charge is -2.18. The van der Waals surface area contributed by atoms with Crippen LogP contribution in [-0.4, -0.2) is 37.2 Å². The molecule has 0 heterocycles. The van der Waals surface area contributed by atoms with Crippen LogP contribution < -0.4 is 0 Å². The number of hydrogen-bond acceptors (Lipinski definition) is 6. The Morgan fingerprint density at radius 2 is 0.468 bits per heavy atom. The summed E-state index contributed by atoms with van der Waals surface area (Å²) in [7, 11) is 0. The SMILES string of the molecule is CCCCCC/C=C\CCCCCCCC(=O)OCC(COC(=O)CCCCCCCCCCCCCCCCCCCCC/C=C\C/C=C\CCCCCCC)OC(=O)CCCCCCC/C=C\CCCCCCCC. The molecule has 0 saturated carbocycles. The maximum Gasteiger partial charge on any atom is 0.306 e. The van der Waals surface area contributed by atoms with E-state index in [-0.39, 0.29) is 31.1 Å². The summed E-state index contributed by atoms with van der Waals surface area (Å²) in [5.74, 6) is -0.872. The first kappa shape index (κ1) is 74.4. The van der Waals surface area contributed by atoms with Crippen molar-refractivity contribution in [2.24, 2.45) is 0 Å². The molecule has 0 amide bonds. The van der Waals surface area contributed by atoms with E-state index in [2.05, 4.69) is 69.4 Å². The van der Waals surface area contributed by atoms with Crippen LogP contribution in [0.1, 0.15) is 367 Å². The molecule has 0 aromatic rings. The normalized spacial score (nSPS) is 12.3. The first-order valence-corrected chi connectivity index (χ1v) is 34.1. The minimum Gasteiger partial charge on any atom is -0.462 e. The summed E-state index contributed by atoms with van der Waals surface area (Å²) in [6.45, 7) is 6.64. The third kappa shape index (κ3) is 64.1. The standard InChI is InChI=1S/C71H130O6/c1-4-7-10-13-16-19-22-25-27-28-29-30-31-32-33-34-35-36-37-38-39-40-41-42-44-46-49-52-55-58-61-64-70(73)76-67-68(66-75-69(72)63-60-57-54-51-48-45-24-21-18-15-12-9-6-3)77-71(74)65-62-59-56-53-50-47-43-26-23-20-17-14-11-8-5-2/h21-22,24-26,28-29,43,68H,4-20,23,27,30-42,44-67H2,1-3H3/b24-21-,25-22-,29-28-,43-26-. The number of carbonyl (C=O) groups is 3. The average Bonchev–Trinajstić information content (AvgIpc) is 3.43. The fraction of sp³-hybridized carbons (Fsp3) is 0.845. The van der Waals surface area contributed by atoms with E-state index in [0.29, 0.717) is 19.3 Å². The number of allylic oxidation sites excluding steroid dienone is 8. The fourth-order valence-corrected chi connectivity index (χ4v) is 10.1. The van der Waals surface area contributed by atoms with E-state index in [0.717, 1.165) is 77.0 Å². The summed E-state index contributed by atoms with van der Waals surface area (Å²) in [6.07, 6.45) is 82.9. The topological polar surface area (TPSA) is 78.9 Å². The summed E-state index contributed by atoms with van der Waals surface area (Å²) in [5, 5.41) is 0.